The van der Waals surface area contributed by atoms with Gasteiger partial charge in [-0.15, -0.1) is 0 Å². The van der Waals surface area contributed by atoms with Gasteiger partial charge in [0.15, 0.2) is 0 Å². The Labute approximate surface area is 123 Å². The minimum Gasteiger partial charge on any atom is -0.422 e. The van der Waals surface area contributed by atoms with E-state index in [0.717, 1.165) is 28.7 Å². The minimum atomic E-state index is -0.301. The molecule has 0 aliphatic heterocycles. The number of anilines is 1. The van der Waals surface area contributed by atoms with Gasteiger partial charge < -0.3 is 9.73 Å². The van der Waals surface area contributed by atoms with Crippen molar-refractivity contribution in [3.8, 4) is 11.1 Å². The Kier molecular flexibility index (Phi) is 3.48. The van der Waals surface area contributed by atoms with Gasteiger partial charge in [0.1, 0.15) is 5.58 Å². The zero-order chi connectivity index (χ0) is 14.8. The lowest BCUT2D eigenvalue weighted by Crippen LogP contribution is -2.05. The first-order chi connectivity index (χ1) is 10.2. The summed E-state index contributed by atoms with van der Waals surface area (Å²) in [4.78, 5) is 12.3. The Morgan fingerprint density at radius 1 is 1.05 bits per heavy atom. The maximum Gasteiger partial charge on any atom is 0.344 e. The topological polar surface area (TPSA) is 42.2 Å². The molecule has 3 nitrogen and oxygen atoms in total. The number of hydrogen-bond donors (Lipinski definition) is 1. The van der Waals surface area contributed by atoms with Crippen LogP contribution in [0.3, 0.4) is 0 Å². The molecule has 21 heavy (non-hydrogen) atoms. The van der Waals surface area contributed by atoms with Crippen LogP contribution in [0.4, 0.5) is 5.69 Å². The summed E-state index contributed by atoms with van der Waals surface area (Å²) in [6, 6.07) is 15.4. The molecule has 1 aromatic heterocycles. The van der Waals surface area contributed by atoms with Crippen molar-refractivity contribution in [1.29, 1.82) is 0 Å². The van der Waals surface area contributed by atoms with Crippen molar-refractivity contribution in [2.75, 3.05) is 11.9 Å². The first-order valence-electron chi connectivity index (χ1n) is 7.07. The standard InChI is InChI=1S/C18H17NO2/c1-3-19-16-9-6-8-14(12(16)2)15-11-13-7-4-5-10-17(13)21-18(15)20/h4-11,19H,3H2,1-2H3. The fourth-order valence-electron chi connectivity index (χ4n) is 2.56. The van der Waals surface area contributed by atoms with Crippen LogP contribution in [0.5, 0.6) is 0 Å². The van der Waals surface area contributed by atoms with Crippen LogP contribution in [0.25, 0.3) is 22.1 Å². The summed E-state index contributed by atoms with van der Waals surface area (Å²) in [7, 11) is 0. The van der Waals surface area contributed by atoms with Crippen LogP contribution in [0.15, 0.2) is 57.7 Å². The lowest BCUT2D eigenvalue weighted by molar-refractivity contribution is 0.563. The molecule has 0 aliphatic carbocycles. The number of nitrogens with one attached hydrogen (secondary N) is 1. The lowest BCUT2D eigenvalue weighted by atomic mass is 9.99. The molecule has 0 saturated carbocycles. The van der Waals surface area contributed by atoms with E-state index in [1.54, 1.807) is 0 Å². The van der Waals surface area contributed by atoms with Crippen LogP contribution in [0, 0.1) is 6.92 Å². The van der Waals surface area contributed by atoms with Gasteiger partial charge in [-0.1, -0.05) is 30.3 Å². The molecule has 0 spiro atoms. The average molecular weight is 279 g/mol. The Bertz CT molecular complexity index is 849. The lowest BCUT2D eigenvalue weighted by Gasteiger charge is -2.12. The van der Waals surface area contributed by atoms with Crippen molar-refractivity contribution < 1.29 is 4.42 Å². The van der Waals surface area contributed by atoms with E-state index in [1.807, 2.05) is 55.5 Å². The molecule has 3 heteroatoms. The van der Waals surface area contributed by atoms with E-state index < -0.39 is 0 Å². The molecule has 0 aliphatic rings. The van der Waals surface area contributed by atoms with E-state index in [0.29, 0.717) is 11.1 Å². The summed E-state index contributed by atoms with van der Waals surface area (Å²) in [6.45, 7) is 4.91. The van der Waals surface area contributed by atoms with E-state index in [2.05, 4.69) is 12.2 Å². The highest BCUT2D eigenvalue weighted by molar-refractivity contribution is 5.83. The zero-order valence-corrected chi connectivity index (χ0v) is 12.1. The van der Waals surface area contributed by atoms with Gasteiger partial charge in [-0.3, -0.25) is 0 Å². The Balaban J connectivity index is 2.23. The largest absolute Gasteiger partial charge is 0.422 e. The number of para-hydroxylation sites is 1. The number of fused-ring (bicyclic) bond motifs is 1. The summed E-state index contributed by atoms with van der Waals surface area (Å²) in [5.41, 5.74) is 3.93. The molecule has 2 aromatic carbocycles. The van der Waals surface area contributed by atoms with Crippen LogP contribution in [0.2, 0.25) is 0 Å². The molecular weight excluding hydrogens is 262 g/mol. The second-order valence-corrected chi connectivity index (χ2v) is 4.99. The normalized spacial score (nSPS) is 10.8. The molecule has 1 heterocycles. The maximum atomic E-state index is 12.3. The van der Waals surface area contributed by atoms with E-state index in [9.17, 15) is 4.79 Å². The zero-order valence-electron chi connectivity index (χ0n) is 12.1. The van der Waals surface area contributed by atoms with Crippen LogP contribution in [-0.4, -0.2) is 6.54 Å². The summed E-state index contributed by atoms with van der Waals surface area (Å²) >= 11 is 0. The Morgan fingerprint density at radius 3 is 2.67 bits per heavy atom. The molecule has 0 bridgehead atoms. The highest BCUT2D eigenvalue weighted by atomic mass is 16.4. The van der Waals surface area contributed by atoms with Crippen molar-refractivity contribution in [3.63, 3.8) is 0 Å². The third kappa shape index (κ3) is 2.42. The molecule has 1 N–H and O–H groups in total. The van der Waals surface area contributed by atoms with Gasteiger partial charge >= 0.3 is 5.63 Å². The fraction of sp³-hybridized carbons (Fsp3) is 0.167. The van der Waals surface area contributed by atoms with Crippen molar-refractivity contribution in [3.05, 3.63) is 64.5 Å². The van der Waals surface area contributed by atoms with Gasteiger partial charge in [0, 0.05) is 17.6 Å². The van der Waals surface area contributed by atoms with E-state index >= 15 is 0 Å². The third-order valence-electron chi connectivity index (χ3n) is 3.63. The van der Waals surface area contributed by atoms with Crippen LogP contribution in [-0.2, 0) is 0 Å². The monoisotopic (exact) mass is 279 g/mol. The predicted molar refractivity (Wildman–Crippen MR) is 86.8 cm³/mol. The quantitative estimate of drug-likeness (QED) is 0.731. The number of rotatable bonds is 3. The average Bonchev–Trinajstić information content (AvgIpc) is 2.49. The molecular formula is C18H17NO2. The first kappa shape index (κ1) is 13.4. The van der Waals surface area contributed by atoms with Gasteiger partial charge in [0.05, 0.1) is 5.56 Å². The van der Waals surface area contributed by atoms with Crippen molar-refractivity contribution in [2.45, 2.75) is 13.8 Å². The predicted octanol–water partition coefficient (Wildman–Crippen LogP) is 4.20. The van der Waals surface area contributed by atoms with E-state index in [4.69, 9.17) is 4.42 Å². The molecule has 0 amide bonds. The van der Waals surface area contributed by atoms with Crippen molar-refractivity contribution in [2.24, 2.45) is 0 Å². The summed E-state index contributed by atoms with van der Waals surface area (Å²) < 4.78 is 5.43. The second kappa shape index (κ2) is 5.44. The minimum absolute atomic E-state index is 0.301. The molecule has 3 aromatic rings. The van der Waals surface area contributed by atoms with E-state index in [1.165, 1.54) is 0 Å². The van der Waals surface area contributed by atoms with Crippen molar-refractivity contribution in [1.82, 2.24) is 0 Å². The van der Waals surface area contributed by atoms with Gasteiger partial charge in [0.25, 0.3) is 0 Å². The highest BCUT2D eigenvalue weighted by Crippen LogP contribution is 2.28. The molecule has 0 unspecified atom stereocenters. The summed E-state index contributed by atoms with van der Waals surface area (Å²) in [5, 5.41) is 4.24. The molecule has 0 radical (unpaired) electrons. The molecule has 0 fully saturated rings. The smallest absolute Gasteiger partial charge is 0.344 e. The summed E-state index contributed by atoms with van der Waals surface area (Å²) in [5.74, 6) is 0. The number of hydrogen-bond acceptors (Lipinski definition) is 3. The highest BCUT2D eigenvalue weighted by Gasteiger charge is 2.11. The van der Waals surface area contributed by atoms with Gasteiger partial charge in [0.2, 0.25) is 0 Å². The molecule has 0 saturated heterocycles. The van der Waals surface area contributed by atoms with Gasteiger partial charge in [-0.05, 0) is 43.2 Å². The van der Waals surface area contributed by atoms with Crippen molar-refractivity contribution >= 4 is 16.7 Å². The van der Waals surface area contributed by atoms with Crippen LogP contribution in [0.1, 0.15) is 12.5 Å². The number of benzene rings is 2. The van der Waals surface area contributed by atoms with Crippen LogP contribution < -0.4 is 10.9 Å². The molecule has 0 atom stereocenters. The third-order valence-corrected chi connectivity index (χ3v) is 3.63. The fourth-order valence-corrected chi connectivity index (χ4v) is 2.56. The Hall–Kier alpha value is -2.55. The van der Waals surface area contributed by atoms with Crippen LogP contribution >= 0.6 is 0 Å². The summed E-state index contributed by atoms with van der Waals surface area (Å²) in [6.07, 6.45) is 0. The molecule has 106 valence electrons. The van der Waals surface area contributed by atoms with Gasteiger partial charge in [-0.25, -0.2) is 4.79 Å². The van der Waals surface area contributed by atoms with E-state index in [-0.39, 0.29) is 5.63 Å². The molecule has 3 rings (SSSR count). The maximum absolute atomic E-state index is 12.3. The van der Waals surface area contributed by atoms with Gasteiger partial charge in [-0.2, -0.15) is 0 Å². The Morgan fingerprint density at radius 2 is 1.86 bits per heavy atom. The SMILES string of the molecule is CCNc1cccc(-c2cc3ccccc3oc2=O)c1C. The second-order valence-electron chi connectivity index (χ2n) is 4.99. The first-order valence-corrected chi connectivity index (χ1v) is 7.07.